The SMILES string of the molecule is CC[C@H](CO)C(=O)N1CC2(CCC(c3cc(C4CC4)ccc3F)C2)C1. The normalized spacial score (nSPS) is 25.9. The fourth-order valence-corrected chi connectivity index (χ4v) is 4.86. The quantitative estimate of drug-likeness (QED) is 0.881. The third kappa shape index (κ3) is 3.10. The smallest absolute Gasteiger partial charge is 0.228 e. The highest BCUT2D eigenvalue weighted by atomic mass is 19.1. The van der Waals surface area contributed by atoms with Crippen LogP contribution < -0.4 is 0 Å². The first-order valence-corrected chi connectivity index (χ1v) is 9.74. The molecule has 2 saturated carbocycles. The molecule has 1 N–H and O–H groups in total. The van der Waals surface area contributed by atoms with E-state index in [2.05, 4.69) is 6.07 Å². The van der Waals surface area contributed by atoms with E-state index >= 15 is 0 Å². The summed E-state index contributed by atoms with van der Waals surface area (Å²) in [7, 11) is 0. The molecule has 0 aromatic heterocycles. The molecule has 0 bridgehead atoms. The van der Waals surface area contributed by atoms with E-state index < -0.39 is 0 Å². The number of halogens is 1. The van der Waals surface area contributed by atoms with Gasteiger partial charge in [0.05, 0.1) is 12.5 Å². The average molecular weight is 345 g/mol. The van der Waals surface area contributed by atoms with E-state index in [1.165, 1.54) is 18.4 Å². The van der Waals surface area contributed by atoms with Crippen molar-refractivity contribution in [2.75, 3.05) is 19.7 Å². The molecule has 2 aliphatic carbocycles. The maximum Gasteiger partial charge on any atom is 0.228 e. The molecule has 1 heterocycles. The van der Waals surface area contributed by atoms with E-state index in [4.69, 9.17) is 0 Å². The van der Waals surface area contributed by atoms with Crippen LogP contribution in [0, 0.1) is 17.2 Å². The first-order valence-electron chi connectivity index (χ1n) is 9.74. The molecule has 4 rings (SSSR count). The number of likely N-dealkylation sites (tertiary alicyclic amines) is 1. The lowest BCUT2D eigenvalue weighted by atomic mass is 9.76. The van der Waals surface area contributed by atoms with Crippen molar-refractivity contribution >= 4 is 5.91 Å². The summed E-state index contributed by atoms with van der Waals surface area (Å²) in [5.41, 5.74) is 2.38. The minimum atomic E-state index is -0.262. The lowest BCUT2D eigenvalue weighted by Crippen LogP contribution is -2.58. The highest BCUT2D eigenvalue weighted by Gasteiger charge is 2.50. The molecular weight excluding hydrogens is 317 g/mol. The van der Waals surface area contributed by atoms with Gasteiger partial charge in [0.15, 0.2) is 0 Å². The lowest BCUT2D eigenvalue weighted by Gasteiger charge is -2.49. The summed E-state index contributed by atoms with van der Waals surface area (Å²) in [6.07, 6.45) is 6.23. The van der Waals surface area contributed by atoms with Crippen LogP contribution in [0.25, 0.3) is 0 Å². The van der Waals surface area contributed by atoms with Gasteiger partial charge >= 0.3 is 0 Å². The Hall–Kier alpha value is -1.42. The van der Waals surface area contributed by atoms with E-state index in [1.807, 2.05) is 17.9 Å². The van der Waals surface area contributed by atoms with E-state index in [0.29, 0.717) is 12.3 Å². The van der Waals surface area contributed by atoms with Crippen molar-refractivity contribution in [3.05, 3.63) is 35.1 Å². The number of hydrogen-bond acceptors (Lipinski definition) is 2. The standard InChI is InChI=1S/C21H28FNO2/c1-2-14(11-24)20(25)23-12-21(13-23)8-7-17(10-21)18-9-16(15-3-4-15)5-6-19(18)22/h5-6,9,14-15,17,24H,2-4,7-8,10-13H2,1H3/t14-,17?/m1/s1. The predicted octanol–water partition coefficient (Wildman–Crippen LogP) is 3.82. The monoisotopic (exact) mass is 345 g/mol. The number of hydrogen-bond donors (Lipinski definition) is 1. The molecule has 136 valence electrons. The Morgan fingerprint density at radius 1 is 1.32 bits per heavy atom. The third-order valence-corrected chi connectivity index (χ3v) is 6.64. The first-order chi connectivity index (χ1) is 12.0. The zero-order chi connectivity index (χ0) is 17.6. The Labute approximate surface area is 149 Å². The van der Waals surface area contributed by atoms with Crippen molar-refractivity contribution in [3.63, 3.8) is 0 Å². The molecule has 2 atom stereocenters. The zero-order valence-electron chi connectivity index (χ0n) is 15.0. The molecule has 4 heteroatoms. The van der Waals surface area contributed by atoms with Gasteiger partial charge in [-0.2, -0.15) is 0 Å². The molecule has 1 amide bonds. The second-order valence-corrected chi connectivity index (χ2v) is 8.48. The number of aliphatic hydroxyl groups excluding tert-OH is 1. The molecule has 25 heavy (non-hydrogen) atoms. The third-order valence-electron chi connectivity index (χ3n) is 6.64. The molecule has 1 aliphatic heterocycles. The van der Waals surface area contributed by atoms with Crippen molar-refractivity contribution in [1.29, 1.82) is 0 Å². The van der Waals surface area contributed by atoms with Crippen molar-refractivity contribution in [2.45, 2.75) is 57.3 Å². The van der Waals surface area contributed by atoms with Gasteiger partial charge in [-0.05, 0) is 67.6 Å². The molecular formula is C21H28FNO2. The number of carbonyl (C=O) groups excluding carboxylic acids is 1. The predicted molar refractivity (Wildman–Crippen MR) is 94.8 cm³/mol. The Balaban J connectivity index is 1.41. The van der Waals surface area contributed by atoms with Gasteiger partial charge in [0.1, 0.15) is 5.82 Å². The minimum Gasteiger partial charge on any atom is -0.396 e. The number of nitrogens with zero attached hydrogens (tertiary/aromatic N) is 1. The molecule has 1 aromatic carbocycles. The zero-order valence-corrected chi connectivity index (χ0v) is 15.0. The number of amides is 1. The van der Waals surface area contributed by atoms with E-state index in [0.717, 1.165) is 37.9 Å². The molecule has 3 aliphatic rings. The lowest BCUT2D eigenvalue weighted by molar-refractivity contribution is -0.149. The Morgan fingerprint density at radius 2 is 2.08 bits per heavy atom. The topological polar surface area (TPSA) is 40.5 Å². The van der Waals surface area contributed by atoms with Gasteiger partial charge in [0.2, 0.25) is 5.91 Å². The van der Waals surface area contributed by atoms with E-state index in [-0.39, 0.29) is 35.6 Å². The van der Waals surface area contributed by atoms with Crippen molar-refractivity contribution in [1.82, 2.24) is 4.90 Å². The van der Waals surface area contributed by atoms with Crippen LogP contribution in [0.15, 0.2) is 18.2 Å². The summed E-state index contributed by atoms with van der Waals surface area (Å²) < 4.78 is 14.4. The summed E-state index contributed by atoms with van der Waals surface area (Å²) in [5, 5.41) is 9.33. The minimum absolute atomic E-state index is 0.0648. The number of benzene rings is 1. The number of carbonyl (C=O) groups is 1. The second kappa shape index (κ2) is 6.39. The van der Waals surface area contributed by atoms with Gasteiger partial charge < -0.3 is 10.0 Å². The van der Waals surface area contributed by atoms with Crippen LogP contribution in [-0.4, -0.2) is 35.6 Å². The summed E-state index contributed by atoms with van der Waals surface area (Å²) in [5.74, 6) is 0.694. The number of aliphatic hydroxyl groups is 1. The van der Waals surface area contributed by atoms with Gasteiger partial charge in [0, 0.05) is 18.5 Å². The fraction of sp³-hybridized carbons (Fsp3) is 0.667. The molecule has 3 fully saturated rings. The average Bonchev–Trinajstić information content (AvgIpc) is 3.33. The van der Waals surface area contributed by atoms with Crippen LogP contribution in [0.4, 0.5) is 4.39 Å². The van der Waals surface area contributed by atoms with Crippen molar-refractivity contribution < 1.29 is 14.3 Å². The molecule has 0 radical (unpaired) electrons. The van der Waals surface area contributed by atoms with Crippen molar-refractivity contribution in [2.24, 2.45) is 11.3 Å². The van der Waals surface area contributed by atoms with Gasteiger partial charge in [-0.1, -0.05) is 19.1 Å². The largest absolute Gasteiger partial charge is 0.396 e. The summed E-state index contributed by atoms with van der Waals surface area (Å²) >= 11 is 0. The fourth-order valence-electron chi connectivity index (χ4n) is 4.86. The molecule has 1 aromatic rings. The molecule has 1 spiro atoms. The highest BCUT2D eigenvalue weighted by molar-refractivity contribution is 5.80. The maximum absolute atomic E-state index is 14.4. The van der Waals surface area contributed by atoms with Crippen LogP contribution in [0.2, 0.25) is 0 Å². The van der Waals surface area contributed by atoms with E-state index in [9.17, 15) is 14.3 Å². The molecule has 1 unspecified atom stereocenters. The molecule has 1 saturated heterocycles. The Kier molecular flexibility index (Phi) is 4.35. The Bertz CT molecular complexity index is 660. The summed E-state index contributed by atoms with van der Waals surface area (Å²) in [6, 6.07) is 5.71. The maximum atomic E-state index is 14.4. The van der Waals surface area contributed by atoms with Gasteiger partial charge in [-0.3, -0.25) is 4.79 Å². The molecule has 3 nitrogen and oxygen atoms in total. The first kappa shape index (κ1) is 17.0. The Morgan fingerprint density at radius 3 is 2.72 bits per heavy atom. The van der Waals surface area contributed by atoms with Crippen LogP contribution in [0.5, 0.6) is 0 Å². The van der Waals surface area contributed by atoms with Crippen molar-refractivity contribution in [3.8, 4) is 0 Å². The van der Waals surface area contributed by atoms with Crippen LogP contribution >= 0.6 is 0 Å². The van der Waals surface area contributed by atoms with Gasteiger partial charge in [0.25, 0.3) is 0 Å². The highest BCUT2D eigenvalue weighted by Crippen LogP contribution is 2.53. The van der Waals surface area contributed by atoms with Gasteiger partial charge in [-0.25, -0.2) is 4.39 Å². The van der Waals surface area contributed by atoms with E-state index in [1.54, 1.807) is 6.07 Å². The van der Waals surface area contributed by atoms with Crippen LogP contribution in [0.3, 0.4) is 0 Å². The van der Waals surface area contributed by atoms with Gasteiger partial charge in [-0.15, -0.1) is 0 Å². The summed E-state index contributed by atoms with van der Waals surface area (Å²) in [4.78, 5) is 14.3. The second-order valence-electron chi connectivity index (χ2n) is 8.48. The van der Waals surface area contributed by atoms with Crippen LogP contribution in [0.1, 0.15) is 68.4 Å². The number of rotatable bonds is 5. The summed E-state index contributed by atoms with van der Waals surface area (Å²) in [6.45, 7) is 3.43. The van der Waals surface area contributed by atoms with Crippen LogP contribution in [-0.2, 0) is 4.79 Å².